The first-order chi connectivity index (χ1) is 15.5. The number of benzene rings is 2. The Hall–Kier alpha value is -2.33. The van der Waals surface area contributed by atoms with Crippen molar-refractivity contribution >= 4 is 5.91 Å². The minimum absolute atomic E-state index is 0.0659. The third kappa shape index (κ3) is 3.26. The Kier molecular flexibility index (Phi) is 4.83. The molecular formula is C28H34N2O2. The standard InChI is InChI=1S/C28H34N2O2/c1-18(28-14-20-11-21(15-28)13-22(12-20)16-28)29-26-24-5-3-4-6-25(24)27(31)30(26)17-19-7-9-23(32-2)10-8-19/h3-10,18,20-22,26,29H,11-17H2,1-2H3/t18-,20?,21?,22?,26-,28?/m1/s1. The molecular weight excluding hydrogens is 396 g/mol. The SMILES string of the molecule is COc1ccc(CN2C(=O)c3ccccc3[C@@H]2N[C@H](C)C23CC4CC(CC(C4)C2)C3)cc1. The molecule has 4 heteroatoms. The molecule has 1 heterocycles. The van der Waals surface area contributed by atoms with Gasteiger partial charge in [0, 0.05) is 23.7 Å². The monoisotopic (exact) mass is 430 g/mol. The molecule has 0 spiro atoms. The van der Waals surface area contributed by atoms with E-state index in [1.807, 2.05) is 29.2 Å². The number of nitrogens with one attached hydrogen (secondary N) is 1. The minimum atomic E-state index is -0.0659. The van der Waals surface area contributed by atoms with Crippen LogP contribution in [0.5, 0.6) is 5.75 Å². The number of carbonyl (C=O) groups is 1. The lowest BCUT2D eigenvalue weighted by molar-refractivity contribution is -0.0752. The van der Waals surface area contributed by atoms with Crippen molar-refractivity contribution in [2.24, 2.45) is 23.2 Å². The van der Waals surface area contributed by atoms with Crippen LogP contribution in [-0.4, -0.2) is 24.0 Å². The molecule has 168 valence electrons. The van der Waals surface area contributed by atoms with Gasteiger partial charge in [-0.05, 0) is 92.4 Å². The molecule has 1 aliphatic heterocycles. The summed E-state index contributed by atoms with van der Waals surface area (Å²) in [4.78, 5) is 15.5. The molecule has 4 bridgehead atoms. The van der Waals surface area contributed by atoms with Gasteiger partial charge in [-0.25, -0.2) is 0 Å². The van der Waals surface area contributed by atoms with Gasteiger partial charge in [0.1, 0.15) is 11.9 Å². The predicted octanol–water partition coefficient (Wildman–Crippen LogP) is 5.54. The quantitative estimate of drug-likeness (QED) is 0.654. The highest BCUT2D eigenvalue weighted by molar-refractivity contribution is 5.99. The number of methoxy groups -OCH3 is 1. The van der Waals surface area contributed by atoms with Crippen LogP contribution in [0.3, 0.4) is 0 Å². The van der Waals surface area contributed by atoms with Crippen molar-refractivity contribution in [1.82, 2.24) is 10.2 Å². The number of rotatable bonds is 6. The summed E-state index contributed by atoms with van der Waals surface area (Å²) in [5, 5.41) is 4.00. The molecule has 0 radical (unpaired) electrons. The van der Waals surface area contributed by atoms with E-state index in [4.69, 9.17) is 4.74 Å². The van der Waals surface area contributed by atoms with Crippen LogP contribution in [-0.2, 0) is 6.54 Å². The van der Waals surface area contributed by atoms with Crippen LogP contribution in [0.4, 0.5) is 0 Å². The molecule has 1 amide bonds. The van der Waals surface area contributed by atoms with Crippen LogP contribution in [0.1, 0.15) is 73.1 Å². The molecule has 2 aromatic carbocycles. The predicted molar refractivity (Wildman–Crippen MR) is 125 cm³/mol. The second-order valence-corrected chi connectivity index (χ2v) is 10.9. The van der Waals surface area contributed by atoms with Crippen molar-refractivity contribution in [2.45, 2.75) is 64.2 Å². The second kappa shape index (κ2) is 7.62. The van der Waals surface area contributed by atoms with Crippen LogP contribution in [0.25, 0.3) is 0 Å². The van der Waals surface area contributed by atoms with Crippen LogP contribution >= 0.6 is 0 Å². The molecule has 0 saturated heterocycles. The van der Waals surface area contributed by atoms with E-state index < -0.39 is 0 Å². The summed E-state index contributed by atoms with van der Waals surface area (Å²) in [6, 6.07) is 16.6. The summed E-state index contributed by atoms with van der Waals surface area (Å²) in [5.74, 6) is 3.76. The largest absolute Gasteiger partial charge is 0.497 e. The third-order valence-corrected chi connectivity index (χ3v) is 8.98. The summed E-state index contributed by atoms with van der Waals surface area (Å²) in [5.41, 5.74) is 3.50. The maximum Gasteiger partial charge on any atom is 0.256 e. The van der Waals surface area contributed by atoms with E-state index in [-0.39, 0.29) is 12.1 Å². The van der Waals surface area contributed by atoms with Crippen molar-refractivity contribution in [3.63, 3.8) is 0 Å². The summed E-state index contributed by atoms with van der Waals surface area (Å²) in [7, 11) is 1.68. The summed E-state index contributed by atoms with van der Waals surface area (Å²) in [6.07, 6.45) is 8.42. The van der Waals surface area contributed by atoms with E-state index in [9.17, 15) is 4.79 Å². The Morgan fingerprint density at radius 3 is 2.25 bits per heavy atom. The highest BCUT2D eigenvalue weighted by Gasteiger charge is 2.54. The Labute approximate surface area is 191 Å². The summed E-state index contributed by atoms with van der Waals surface area (Å²) in [6.45, 7) is 2.99. The van der Waals surface area contributed by atoms with E-state index >= 15 is 0 Å². The first-order valence-corrected chi connectivity index (χ1v) is 12.3. The van der Waals surface area contributed by atoms with Crippen molar-refractivity contribution in [1.29, 1.82) is 0 Å². The zero-order valence-electron chi connectivity index (χ0n) is 19.2. The van der Waals surface area contributed by atoms with Gasteiger partial charge >= 0.3 is 0 Å². The molecule has 2 atom stereocenters. The lowest BCUT2D eigenvalue weighted by atomic mass is 9.48. The van der Waals surface area contributed by atoms with Gasteiger partial charge in [-0.3, -0.25) is 10.1 Å². The lowest BCUT2D eigenvalue weighted by Gasteiger charge is -2.59. The normalized spacial score (nSPS) is 33.4. The van der Waals surface area contributed by atoms with Crippen molar-refractivity contribution < 1.29 is 9.53 Å². The molecule has 1 N–H and O–H groups in total. The fraction of sp³-hybridized carbons (Fsp3) is 0.536. The van der Waals surface area contributed by atoms with Gasteiger partial charge in [0.2, 0.25) is 0 Å². The highest BCUT2D eigenvalue weighted by atomic mass is 16.5. The molecule has 32 heavy (non-hydrogen) atoms. The maximum atomic E-state index is 13.4. The fourth-order valence-corrected chi connectivity index (χ4v) is 7.76. The number of fused-ring (bicyclic) bond motifs is 1. The lowest BCUT2D eigenvalue weighted by Crippen LogP contribution is -2.56. The molecule has 0 unspecified atom stereocenters. The molecule has 4 aliphatic carbocycles. The minimum Gasteiger partial charge on any atom is -0.497 e. The Morgan fingerprint density at radius 1 is 1.00 bits per heavy atom. The first-order valence-electron chi connectivity index (χ1n) is 12.3. The van der Waals surface area contributed by atoms with Gasteiger partial charge < -0.3 is 9.64 Å². The number of hydrogen-bond donors (Lipinski definition) is 1. The van der Waals surface area contributed by atoms with Gasteiger partial charge in [-0.2, -0.15) is 0 Å². The first kappa shape index (κ1) is 20.3. The van der Waals surface area contributed by atoms with Crippen LogP contribution < -0.4 is 10.1 Å². The number of ether oxygens (including phenoxy) is 1. The fourth-order valence-electron chi connectivity index (χ4n) is 7.76. The van der Waals surface area contributed by atoms with Crippen molar-refractivity contribution in [3.05, 3.63) is 65.2 Å². The molecule has 4 saturated carbocycles. The van der Waals surface area contributed by atoms with Gasteiger partial charge in [-0.15, -0.1) is 0 Å². The Morgan fingerprint density at radius 2 is 1.62 bits per heavy atom. The molecule has 0 aromatic heterocycles. The average molecular weight is 431 g/mol. The molecule has 7 rings (SSSR count). The molecule has 2 aromatic rings. The van der Waals surface area contributed by atoms with Crippen LogP contribution in [0.15, 0.2) is 48.5 Å². The van der Waals surface area contributed by atoms with Crippen LogP contribution in [0.2, 0.25) is 0 Å². The number of hydrogen-bond acceptors (Lipinski definition) is 3. The van der Waals surface area contributed by atoms with E-state index in [1.165, 1.54) is 38.5 Å². The molecule has 5 aliphatic rings. The van der Waals surface area contributed by atoms with E-state index in [0.717, 1.165) is 40.2 Å². The molecule has 4 nitrogen and oxygen atoms in total. The van der Waals surface area contributed by atoms with E-state index in [2.05, 4.69) is 36.5 Å². The van der Waals surface area contributed by atoms with Gasteiger partial charge in [0.15, 0.2) is 0 Å². The summed E-state index contributed by atoms with van der Waals surface area (Å²) < 4.78 is 5.31. The zero-order chi connectivity index (χ0) is 21.9. The smallest absolute Gasteiger partial charge is 0.256 e. The maximum absolute atomic E-state index is 13.4. The Balaban J connectivity index is 1.28. The van der Waals surface area contributed by atoms with E-state index in [0.29, 0.717) is 18.0 Å². The topological polar surface area (TPSA) is 41.6 Å². The van der Waals surface area contributed by atoms with Crippen LogP contribution in [0, 0.1) is 23.2 Å². The number of nitrogens with zero attached hydrogens (tertiary/aromatic N) is 1. The number of amides is 1. The molecule has 4 fully saturated rings. The van der Waals surface area contributed by atoms with E-state index in [1.54, 1.807) is 7.11 Å². The van der Waals surface area contributed by atoms with Gasteiger partial charge in [0.05, 0.1) is 7.11 Å². The zero-order valence-corrected chi connectivity index (χ0v) is 19.2. The highest BCUT2D eigenvalue weighted by Crippen LogP contribution is 2.61. The Bertz CT molecular complexity index is 979. The van der Waals surface area contributed by atoms with Crippen molar-refractivity contribution in [2.75, 3.05) is 7.11 Å². The third-order valence-electron chi connectivity index (χ3n) is 8.98. The number of carbonyl (C=O) groups excluding carboxylic acids is 1. The van der Waals surface area contributed by atoms with Gasteiger partial charge in [0.25, 0.3) is 5.91 Å². The summed E-state index contributed by atoms with van der Waals surface area (Å²) >= 11 is 0. The van der Waals surface area contributed by atoms with Crippen molar-refractivity contribution in [3.8, 4) is 5.75 Å². The van der Waals surface area contributed by atoms with Gasteiger partial charge in [-0.1, -0.05) is 30.3 Å². The second-order valence-electron chi connectivity index (χ2n) is 10.9. The average Bonchev–Trinajstić information content (AvgIpc) is 3.05.